The number of carbonyl (C=O) groups excluding carboxylic acids is 1. The third-order valence-corrected chi connectivity index (χ3v) is 4.42. The number of carbonyl (C=O) groups is 1. The van der Waals surface area contributed by atoms with Gasteiger partial charge in [0.1, 0.15) is 5.75 Å². The summed E-state index contributed by atoms with van der Waals surface area (Å²) >= 11 is 0. The summed E-state index contributed by atoms with van der Waals surface area (Å²) in [6.07, 6.45) is -5.01. The lowest BCUT2D eigenvalue weighted by Crippen LogP contribution is -2.29. The van der Waals surface area contributed by atoms with E-state index in [-0.39, 0.29) is 16.3 Å². The molecule has 0 heterocycles. The van der Waals surface area contributed by atoms with E-state index < -0.39 is 22.1 Å². The van der Waals surface area contributed by atoms with E-state index in [2.05, 4.69) is 4.72 Å². The maximum Gasteiger partial charge on any atom is 0.471 e. The third kappa shape index (κ3) is 4.86. The Labute approximate surface area is 141 Å². The number of rotatable bonds is 5. The van der Waals surface area contributed by atoms with Gasteiger partial charge in [-0.3, -0.25) is 9.52 Å². The molecule has 0 aliphatic carbocycles. The van der Waals surface area contributed by atoms with Crippen LogP contribution >= 0.6 is 0 Å². The lowest BCUT2D eigenvalue weighted by atomic mass is 10.3. The zero-order valence-electron chi connectivity index (χ0n) is 12.8. The number of sulfonamides is 1. The van der Waals surface area contributed by atoms with Crippen molar-refractivity contribution in [3.63, 3.8) is 0 Å². The Morgan fingerprint density at radius 2 is 1.48 bits per heavy atom. The molecule has 0 aromatic heterocycles. The van der Waals surface area contributed by atoms with Crippen molar-refractivity contribution in [1.29, 1.82) is 0 Å². The van der Waals surface area contributed by atoms with E-state index in [1.165, 1.54) is 43.5 Å². The van der Waals surface area contributed by atoms with Gasteiger partial charge in [-0.15, -0.1) is 0 Å². The van der Waals surface area contributed by atoms with Gasteiger partial charge >= 0.3 is 12.1 Å². The minimum atomic E-state index is -5.01. The van der Waals surface area contributed by atoms with Crippen LogP contribution in [-0.2, 0) is 14.8 Å². The van der Waals surface area contributed by atoms with Gasteiger partial charge in [0.05, 0.1) is 12.0 Å². The first-order chi connectivity index (χ1) is 11.6. The van der Waals surface area contributed by atoms with Gasteiger partial charge in [-0.05, 0) is 48.5 Å². The number of methoxy groups -OCH3 is 1. The predicted molar refractivity (Wildman–Crippen MR) is 84.9 cm³/mol. The first-order valence-corrected chi connectivity index (χ1v) is 8.25. The van der Waals surface area contributed by atoms with E-state index in [1.54, 1.807) is 5.32 Å². The molecule has 0 atom stereocenters. The number of ether oxygens (including phenoxy) is 1. The summed E-state index contributed by atoms with van der Waals surface area (Å²) < 4.78 is 68.2. The van der Waals surface area contributed by atoms with Crippen LogP contribution in [0.3, 0.4) is 0 Å². The van der Waals surface area contributed by atoms with E-state index in [0.29, 0.717) is 5.75 Å². The molecule has 2 aromatic rings. The molecule has 0 bridgehead atoms. The van der Waals surface area contributed by atoms with Gasteiger partial charge in [0.15, 0.2) is 0 Å². The highest BCUT2D eigenvalue weighted by molar-refractivity contribution is 7.92. The molecule has 10 heteroatoms. The predicted octanol–water partition coefficient (Wildman–Crippen LogP) is 3.00. The summed E-state index contributed by atoms with van der Waals surface area (Å²) in [5.74, 6) is -1.62. The molecular formula is C15H13F3N2O4S. The van der Waals surface area contributed by atoms with Crippen LogP contribution in [-0.4, -0.2) is 27.6 Å². The van der Waals surface area contributed by atoms with Crippen molar-refractivity contribution in [3.05, 3.63) is 48.5 Å². The van der Waals surface area contributed by atoms with E-state index in [1.807, 2.05) is 0 Å². The first-order valence-electron chi connectivity index (χ1n) is 6.77. The summed E-state index contributed by atoms with van der Waals surface area (Å²) in [5.41, 5.74) is 0.00976. The molecule has 25 heavy (non-hydrogen) atoms. The highest BCUT2D eigenvalue weighted by Gasteiger charge is 2.38. The van der Waals surface area contributed by atoms with Crippen LogP contribution in [0.1, 0.15) is 0 Å². The van der Waals surface area contributed by atoms with Gasteiger partial charge in [-0.25, -0.2) is 8.42 Å². The van der Waals surface area contributed by atoms with Gasteiger partial charge in [-0.2, -0.15) is 13.2 Å². The summed E-state index contributed by atoms with van der Waals surface area (Å²) in [6, 6.07) is 10.4. The maximum atomic E-state index is 12.2. The Hall–Kier alpha value is -2.75. The fourth-order valence-electron chi connectivity index (χ4n) is 1.79. The van der Waals surface area contributed by atoms with E-state index >= 15 is 0 Å². The number of nitrogens with one attached hydrogen (secondary N) is 2. The molecule has 0 spiro atoms. The lowest BCUT2D eigenvalue weighted by Gasteiger charge is -2.11. The average molecular weight is 374 g/mol. The molecule has 0 aliphatic rings. The number of anilines is 2. The minimum Gasteiger partial charge on any atom is -0.497 e. The van der Waals surface area contributed by atoms with Crippen molar-refractivity contribution in [2.75, 3.05) is 17.1 Å². The van der Waals surface area contributed by atoms with Crippen LogP contribution in [0.4, 0.5) is 24.5 Å². The van der Waals surface area contributed by atoms with Gasteiger partial charge in [0, 0.05) is 11.4 Å². The first kappa shape index (κ1) is 18.6. The van der Waals surface area contributed by atoms with E-state index in [4.69, 9.17) is 4.74 Å². The molecule has 1 amide bonds. The number of alkyl halides is 3. The van der Waals surface area contributed by atoms with Crippen LogP contribution < -0.4 is 14.8 Å². The van der Waals surface area contributed by atoms with Gasteiger partial charge in [0.25, 0.3) is 10.0 Å². The molecule has 0 saturated carbocycles. The van der Waals surface area contributed by atoms with Crippen molar-refractivity contribution < 1.29 is 31.1 Å². The Morgan fingerprint density at radius 3 is 1.96 bits per heavy atom. The monoisotopic (exact) mass is 374 g/mol. The number of amides is 1. The zero-order valence-corrected chi connectivity index (χ0v) is 13.6. The number of halogens is 3. The second kappa shape index (κ2) is 7.01. The van der Waals surface area contributed by atoms with Crippen LogP contribution in [0.15, 0.2) is 53.4 Å². The fraction of sp³-hybridized carbons (Fsp3) is 0.133. The SMILES string of the molecule is COc1ccc(S(=O)(=O)Nc2ccc(NC(=O)C(F)(F)F)cc2)cc1. The van der Waals surface area contributed by atoms with Crippen molar-refractivity contribution in [2.24, 2.45) is 0 Å². The summed E-state index contributed by atoms with van der Waals surface area (Å²) in [4.78, 5) is 10.8. The summed E-state index contributed by atoms with van der Waals surface area (Å²) in [5, 5.41) is 1.66. The summed E-state index contributed by atoms with van der Waals surface area (Å²) in [7, 11) is -2.43. The van der Waals surface area contributed by atoms with Crippen LogP contribution in [0.25, 0.3) is 0 Å². The molecule has 0 unspecified atom stereocenters. The quantitative estimate of drug-likeness (QED) is 0.843. The Morgan fingerprint density at radius 1 is 0.960 bits per heavy atom. The van der Waals surface area contributed by atoms with Crippen molar-refractivity contribution in [2.45, 2.75) is 11.1 Å². The molecule has 0 aliphatic heterocycles. The van der Waals surface area contributed by atoms with Crippen molar-refractivity contribution >= 4 is 27.3 Å². The maximum absolute atomic E-state index is 12.2. The molecule has 0 fully saturated rings. The second-order valence-corrected chi connectivity index (χ2v) is 6.49. The molecule has 2 rings (SSSR count). The van der Waals surface area contributed by atoms with E-state index in [9.17, 15) is 26.4 Å². The normalized spacial score (nSPS) is 11.7. The molecule has 0 saturated heterocycles. The van der Waals surface area contributed by atoms with E-state index in [0.717, 1.165) is 12.1 Å². The van der Waals surface area contributed by atoms with Crippen molar-refractivity contribution in [1.82, 2.24) is 0 Å². The fourth-order valence-corrected chi connectivity index (χ4v) is 2.85. The van der Waals surface area contributed by atoms with Crippen LogP contribution in [0.5, 0.6) is 5.75 Å². The highest BCUT2D eigenvalue weighted by atomic mass is 32.2. The third-order valence-electron chi connectivity index (χ3n) is 3.02. The zero-order chi connectivity index (χ0) is 18.7. The number of benzene rings is 2. The Balaban J connectivity index is 2.10. The molecular weight excluding hydrogens is 361 g/mol. The average Bonchev–Trinajstić information content (AvgIpc) is 2.55. The van der Waals surface area contributed by atoms with Gasteiger partial charge in [0.2, 0.25) is 0 Å². The number of hydrogen-bond acceptors (Lipinski definition) is 4. The van der Waals surface area contributed by atoms with Gasteiger partial charge in [-0.1, -0.05) is 0 Å². The minimum absolute atomic E-state index is 0.0113. The summed E-state index contributed by atoms with van der Waals surface area (Å²) in [6.45, 7) is 0. The highest BCUT2D eigenvalue weighted by Crippen LogP contribution is 2.22. The largest absolute Gasteiger partial charge is 0.497 e. The molecule has 2 aromatic carbocycles. The lowest BCUT2D eigenvalue weighted by molar-refractivity contribution is -0.167. The van der Waals surface area contributed by atoms with Crippen LogP contribution in [0.2, 0.25) is 0 Å². The molecule has 0 radical (unpaired) electrons. The Kier molecular flexibility index (Phi) is 5.21. The Bertz CT molecular complexity index is 848. The van der Waals surface area contributed by atoms with Gasteiger partial charge < -0.3 is 10.1 Å². The van der Waals surface area contributed by atoms with Crippen LogP contribution in [0, 0.1) is 0 Å². The smallest absolute Gasteiger partial charge is 0.471 e. The second-order valence-electron chi connectivity index (χ2n) is 4.81. The molecule has 6 nitrogen and oxygen atoms in total. The molecule has 134 valence electrons. The number of hydrogen-bond donors (Lipinski definition) is 2. The standard InChI is InChI=1S/C15H13F3N2O4S/c1-24-12-6-8-13(9-7-12)25(22,23)20-11-4-2-10(3-5-11)19-14(21)15(16,17)18/h2-9,20H,1H3,(H,19,21). The van der Waals surface area contributed by atoms with Crippen molar-refractivity contribution in [3.8, 4) is 5.75 Å². The molecule has 2 N–H and O–H groups in total. The topological polar surface area (TPSA) is 84.5 Å².